The maximum absolute atomic E-state index is 15.7. The summed E-state index contributed by atoms with van der Waals surface area (Å²) in [5.74, 6) is -5.16. The molecule has 1 aliphatic heterocycles. The van der Waals surface area contributed by atoms with Gasteiger partial charge < -0.3 is 33.9 Å². The van der Waals surface area contributed by atoms with Gasteiger partial charge >= 0.3 is 24.1 Å². The van der Waals surface area contributed by atoms with Crippen molar-refractivity contribution in [2.45, 2.75) is 189 Å². The minimum Gasteiger partial charge on any atom is -0.461 e. The fourth-order valence-electron chi connectivity index (χ4n) is 11.2. The zero-order valence-corrected chi connectivity index (χ0v) is 43.0. The highest BCUT2D eigenvalue weighted by Gasteiger charge is 2.78. The van der Waals surface area contributed by atoms with Gasteiger partial charge in [0.25, 0.3) is 0 Å². The van der Waals surface area contributed by atoms with Gasteiger partial charge in [-0.15, -0.1) is 0 Å². The van der Waals surface area contributed by atoms with Gasteiger partial charge in [0.15, 0.2) is 11.4 Å². The molecule has 1 saturated heterocycles. The first-order chi connectivity index (χ1) is 32.5. The Labute approximate surface area is 410 Å². The van der Waals surface area contributed by atoms with Crippen LogP contribution >= 0.6 is 0 Å². The van der Waals surface area contributed by atoms with Crippen LogP contribution in [0.4, 0.5) is 4.79 Å². The number of carbonyl (C=O) groups excluding carboxylic acids is 4. The van der Waals surface area contributed by atoms with Crippen LogP contribution in [0.2, 0.25) is 0 Å². The molecule has 2 saturated carbocycles. The number of aliphatic hydroxyl groups is 1. The molecular weight excluding hydrogens is 877 g/mol. The van der Waals surface area contributed by atoms with E-state index in [1.807, 2.05) is 13.8 Å². The van der Waals surface area contributed by atoms with E-state index in [-0.39, 0.29) is 43.1 Å². The van der Waals surface area contributed by atoms with Crippen LogP contribution in [0.3, 0.4) is 0 Å². The third-order valence-corrected chi connectivity index (χ3v) is 15.3. The van der Waals surface area contributed by atoms with E-state index in [1.165, 1.54) is 36.1 Å². The molecule has 2 bridgehead atoms. The third kappa shape index (κ3) is 12.5. The summed E-state index contributed by atoms with van der Waals surface area (Å²) < 4.78 is 30.4. The molecule has 378 valence electrons. The second-order valence-electron chi connectivity index (χ2n) is 21.1. The molecule has 1 heterocycles. The summed E-state index contributed by atoms with van der Waals surface area (Å²) in [5.41, 5.74) is -0.209. The van der Waals surface area contributed by atoms with Crippen LogP contribution in [-0.4, -0.2) is 76.2 Å². The fraction of sp³-hybridized carbons (Fsp3) is 0.596. The molecule has 4 aliphatic rings. The number of allylic oxidation sites excluding steroid dienone is 11. The molecule has 0 radical (unpaired) electrons. The van der Waals surface area contributed by atoms with Gasteiger partial charge in [0, 0.05) is 25.2 Å². The van der Waals surface area contributed by atoms with Crippen molar-refractivity contribution in [3.8, 4) is 0 Å². The topological polar surface area (TPSA) is 172 Å². The van der Waals surface area contributed by atoms with Gasteiger partial charge in [-0.3, -0.25) is 14.4 Å². The molecule has 8 atom stereocenters. The minimum atomic E-state index is -1.99. The Morgan fingerprint density at radius 1 is 0.754 bits per heavy atom. The van der Waals surface area contributed by atoms with Crippen molar-refractivity contribution >= 4 is 29.8 Å². The molecule has 69 heavy (non-hydrogen) atoms. The maximum atomic E-state index is 15.7. The number of ketones is 1. The van der Waals surface area contributed by atoms with Crippen molar-refractivity contribution in [2.24, 2.45) is 22.7 Å². The third-order valence-electron chi connectivity index (χ3n) is 15.3. The van der Waals surface area contributed by atoms with E-state index < -0.39 is 76.1 Å². The summed E-state index contributed by atoms with van der Waals surface area (Å²) in [6.07, 6.45) is 14.3. The standard InChI is InChI=1S/C57H78O12/c1-36(2)20-17-23-39(5)26-18-24-37(3)21-15-16-22-38(4)25-19-27-40(6)30-31-46(59)67-44-34-45-56(35-65-45,69-53(62)63)49-51(68-52(61)43-28-13-12-14-29-43)57(64)33-32-41(7)47(54(57,9)10)48(66-42(8)58)50(60)55(44,49)11/h12-14,20-22,26-29,41,44-45,49,51,64H,15-19,23-25,30-35H2,1-11H3,(H,62,63)/t41?,44-,45+,49-,51-,55+,56-,57+/m0/s1. The normalized spacial score (nSPS) is 29.0. The number of carbonyl (C=O) groups is 5. The van der Waals surface area contributed by atoms with Crippen LogP contribution in [0.25, 0.3) is 0 Å². The number of hydrogen-bond acceptors (Lipinski definition) is 11. The Morgan fingerprint density at radius 3 is 1.83 bits per heavy atom. The highest BCUT2D eigenvalue weighted by atomic mass is 16.7. The predicted octanol–water partition coefficient (Wildman–Crippen LogP) is 12.2. The molecule has 5 rings (SSSR count). The maximum Gasteiger partial charge on any atom is 0.506 e. The highest BCUT2D eigenvalue weighted by molar-refractivity contribution is 6.02. The van der Waals surface area contributed by atoms with Gasteiger partial charge in [0.05, 0.1) is 23.5 Å². The van der Waals surface area contributed by atoms with Gasteiger partial charge in [-0.1, -0.05) is 97.2 Å². The van der Waals surface area contributed by atoms with E-state index in [9.17, 15) is 29.4 Å². The molecule has 12 heteroatoms. The van der Waals surface area contributed by atoms with E-state index in [0.29, 0.717) is 18.4 Å². The number of hydrogen-bond donors (Lipinski definition) is 2. The molecule has 1 aromatic carbocycles. The summed E-state index contributed by atoms with van der Waals surface area (Å²) >= 11 is 0. The lowest BCUT2D eigenvalue weighted by Crippen LogP contribution is -2.81. The molecule has 0 spiro atoms. The van der Waals surface area contributed by atoms with Crippen LogP contribution in [-0.2, 0) is 38.1 Å². The molecule has 3 fully saturated rings. The minimum absolute atomic E-state index is 0.0276. The second-order valence-corrected chi connectivity index (χ2v) is 21.1. The van der Waals surface area contributed by atoms with Crippen LogP contribution in [0, 0.1) is 22.7 Å². The first kappa shape index (κ1) is 54.9. The Bertz CT molecular complexity index is 2260. The van der Waals surface area contributed by atoms with Crippen molar-refractivity contribution in [1.82, 2.24) is 0 Å². The number of unbranched alkanes of at least 4 members (excludes halogenated alkanes) is 1. The summed E-state index contributed by atoms with van der Waals surface area (Å²) in [6.45, 7) is 20.4. The monoisotopic (exact) mass is 955 g/mol. The molecule has 3 aliphatic carbocycles. The first-order valence-electron chi connectivity index (χ1n) is 24.9. The van der Waals surface area contributed by atoms with E-state index in [2.05, 4.69) is 65.0 Å². The predicted molar refractivity (Wildman–Crippen MR) is 265 cm³/mol. The highest BCUT2D eigenvalue weighted by Crippen LogP contribution is 2.65. The lowest BCUT2D eigenvalue weighted by Gasteiger charge is -2.66. The van der Waals surface area contributed by atoms with Gasteiger partial charge in [0.2, 0.25) is 5.78 Å². The van der Waals surface area contributed by atoms with E-state index in [1.54, 1.807) is 44.2 Å². The molecule has 1 aromatic rings. The molecule has 0 aromatic heterocycles. The Kier molecular flexibility index (Phi) is 18.5. The average molecular weight is 955 g/mol. The van der Waals surface area contributed by atoms with Crippen LogP contribution < -0.4 is 0 Å². The van der Waals surface area contributed by atoms with E-state index >= 15 is 4.79 Å². The molecular formula is C57H78O12. The zero-order valence-electron chi connectivity index (χ0n) is 43.0. The van der Waals surface area contributed by atoms with Gasteiger partial charge in [-0.25, -0.2) is 9.59 Å². The number of carboxylic acid groups (broad SMARTS) is 1. The quantitative estimate of drug-likeness (QED) is 0.0549. The second kappa shape index (κ2) is 23.2. The van der Waals surface area contributed by atoms with Crippen LogP contribution in [0.1, 0.15) is 170 Å². The molecule has 12 nitrogen and oxygen atoms in total. The van der Waals surface area contributed by atoms with Gasteiger partial charge in [-0.05, 0) is 143 Å². The lowest BCUT2D eigenvalue weighted by molar-refractivity contribution is -0.342. The SMILES string of the molecule is CC(=O)OC1=C2C(C)CC[C@@](O)([C@@H](OC(=O)c3ccccc3)[C@@H]3[C@]4(OC(=O)O)CO[C@@H]4C[C@H](OC(=O)CCC(C)=CCCC(C)=CCCC=C(C)CCC=C(C)CCC=C(C)C)[C@@]3(C)C1=O)C2(C)C. The lowest BCUT2D eigenvalue weighted by atomic mass is 9.45. The number of ether oxygens (including phenoxy) is 5. The van der Waals surface area contributed by atoms with Crippen molar-refractivity contribution < 1.29 is 57.9 Å². The van der Waals surface area contributed by atoms with Crippen molar-refractivity contribution in [1.29, 1.82) is 0 Å². The summed E-state index contributed by atoms with van der Waals surface area (Å²) in [5, 5.41) is 23.6. The molecule has 1 unspecified atom stereocenters. The van der Waals surface area contributed by atoms with E-state index in [4.69, 9.17) is 23.7 Å². The van der Waals surface area contributed by atoms with Crippen LogP contribution in [0.5, 0.6) is 0 Å². The summed E-state index contributed by atoms with van der Waals surface area (Å²) in [7, 11) is 0. The Balaban J connectivity index is 1.35. The number of rotatable bonds is 20. The number of esters is 3. The smallest absolute Gasteiger partial charge is 0.461 e. The number of fused-ring (bicyclic) bond motifs is 5. The Morgan fingerprint density at radius 2 is 1.30 bits per heavy atom. The average Bonchev–Trinajstić information content (AvgIpc) is 3.27. The Hall–Kier alpha value is -5.07. The number of benzene rings is 1. The van der Waals surface area contributed by atoms with Gasteiger partial charge in [-0.2, -0.15) is 0 Å². The fourth-order valence-corrected chi connectivity index (χ4v) is 11.2. The first-order valence-corrected chi connectivity index (χ1v) is 24.9. The molecule has 0 amide bonds. The van der Waals surface area contributed by atoms with Gasteiger partial charge in [0.1, 0.15) is 23.9 Å². The van der Waals surface area contributed by atoms with Crippen molar-refractivity contribution in [3.05, 3.63) is 105 Å². The van der Waals surface area contributed by atoms with E-state index in [0.717, 1.165) is 56.9 Å². The van der Waals surface area contributed by atoms with Crippen molar-refractivity contribution in [3.63, 3.8) is 0 Å². The molecule has 2 N–H and O–H groups in total. The summed E-state index contributed by atoms with van der Waals surface area (Å²) in [6, 6.07) is 8.14. The largest absolute Gasteiger partial charge is 0.506 e. The van der Waals surface area contributed by atoms with Crippen molar-refractivity contribution in [2.75, 3.05) is 6.61 Å². The zero-order chi connectivity index (χ0) is 50.9. The number of Topliss-reactive ketones (excluding diaryl/α,β-unsaturated/α-hetero) is 1. The summed E-state index contributed by atoms with van der Waals surface area (Å²) in [4.78, 5) is 69.4. The van der Waals surface area contributed by atoms with Crippen LogP contribution in [0.15, 0.2) is 99.9 Å².